The van der Waals surface area contributed by atoms with Crippen LogP contribution < -0.4 is 25.5 Å². The average molecular weight is 692 g/mol. The van der Waals surface area contributed by atoms with Crippen LogP contribution in [0.2, 0.25) is 0 Å². The number of nitrogens with zero attached hydrogens (tertiary/aromatic N) is 2. The van der Waals surface area contributed by atoms with Gasteiger partial charge < -0.3 is 33.7 Å². The van der Waals surface area contributed by atoms with Crippen molar-refractivity contribution in [3.05, 3.63) is 159 Å². The molecule has 7 rings (SSSR count). The number of carbonyl (C=O) groups is 1. The second kappa shape index (κ2) is 13.9. The second-order valence-corrected chi connectivity index (χ2v) is 12.4. The molecule has 2 fully saturated rings. The van der Waals surface area contributed by atoms with E-state index < -0.39 is 46.7 Å². The second-order valence-electron chi connectivity index (χ2n) is 12.4. The fraction of sp³-hybridized carbons (Fsp3) is 0.256. The Morgan fingerprint density at radius 3 is 1.96 bits per heavy atom. The van der Waals surface area contributed by atoms with Gasteiger partial charge in [0.1, 0.15) is 41.1 Å². The Balaban J connectivity index is 1.25. The summed E-state index contributed by atoms with van der Waals surface area (Å²) in [4.78, 5) is 42.4. The van der Waals surface area contributed by atoms with Gasteiger partial charge in [-0.25, -0.2) is 4.79 Å². The highest BCUT2D eigenvalue weighted by atomic mass is 16.6. The maximum atomic E-state index is 13.5. The normalized spacial score (nSPS) is 21.0. The number of para-hydroxylation sites is 1. The van der Waals surface area contributed by atoms with E-state index in [9.17, 15) is 19.5 Å². The minimum atomic E-state index is -1.48. The molecule has 51 heavy (non-hydrogen) atoms. The fourth-order valence-corrected chi connectivity index (χ4v) is 7.05. The maximum absolute atomic E-state index is 13.5. The van der Waals surface area contributed by atoms with Crippen molar-refractivity contribution in [2.24, 2.45) is 0 Å². The predicted molar refractivity (Wildman–Crippen MR) is 186 cm³/mol. The van der Waals surface area contributed by atoms with E-state index in [4.69, 9.17) is 23.7 Å². The lowest BCUT2D eigenvalue weighted by Gasteiger charge is -2.53. The van der Waals surface area contributed by atoms with E-state index in [1.165, 1.54) is 21.7 Å². The molecule has 4 atom stereocenters. The van der Waals surface area contributed by atoms with Gasteiger partial charge in [0.05, 0.1) is 27.4 Å². The first-order valence-electron chi connectivity index (χ1n) is 16.4. The summed E-state index contributed by atoms with van der Waals surface area (Å²) in [6, 6.07) is 33.8. The number of ether oxygens (including phenoxy) is 5. The number of likely N-dealkylation sites (tertiary alicyclic amines) is 1. The van der Waals surface area contributed by atoms with E-state index in [0.29, 0.717) is 17.2 Å². The van der Waals surface area contributed by atoms with E-state index in [2.05, 4.69) is 4.98 Å². The zero-order valence-electron chi connectivity index (χ0n) is 28.0. The van der Waals surface area contributed by atoms with Crippen molar-refractivity contribution in [1.82, 2.24) is 14.5 Å². The van der Waals surface area contributed by atoms with Crippen LogP contribution >= 0.6 is 0 Å². The first-order chi connectivity index (χ1) is 24.8. The van der Waals surface area contributed by atoms with Gasteiger partial charge in [-0.05, 0) is 53.1 Å². The molecule has 1 aromatic heterocycles. The number of nitrogens with one attached hydrogen (secondary N) is 1. The van der Waals surface area contributed by atoms with Gasteiger partial charge in [-0.2, -0.15) is 0 Å². The lowest BCUT2D eigenvalue weighted by atomic mass is 9.80. The lowest BCUT2D eigenvalue weighted by molar-refractivity contribution is -0.217. The molecule has 2 saturated heterocycles. The van der Waals surface area contributed by atoms with Crippen molar-refractivity contribution in [3.8, 4) is 17.2 Å². The van der Waals surface area contributed by atoms with Gasteiger partial charge in [0.2, 0.25) is 0 Å². The van der Waals surface area contributed by atoms with Gasteiger partial charge in [-0.15, -0.1) is 0 Å². The van der Waals surface area contributed by atoms with Gasteiger partial charge in [0.25, 0.3) is 11.5 Å². The molecule has 0 radical (unpaired) electrons. The summed E-state index contributed by atoms with van der Waals surface area (Å²) in [6.45, 7) is -0.529. The molecule has 262 valence electrons. The van der Waals surface area contributed by atoms with Crippen molar-refractivity contribution in [3.63, 3.8) is 0 Å². The first kappa shape index (κ1) is 33.8. The summed E-state index contributed by atoms with van der Waals surface area (Å²) in [5, 5.41) is 11.9. The molecule has 3 heterocycles. The molecule has 0 spiro atoms. The van der Waals surface area contributed by atoms with E-state index >= 15 is 0 Å². The first-order valence-corrected chi connectivity index (χ1v) is 16.4. The van der Waals surface area contributed by atoms with Crippen LogP contribution in [-0.4, -0.2) is 77.7 Å². The third-order valence-corrected chi connectivity index (χ3v) is 9.55. The monoisotopic (exact) mass is 691 g/mol. The maximum Gasteiger partial charge on any atom is 0.330 e. The third kappa shape index (κ3) is 6.07. The largest absolute Gasteiger partial charge is 0.497 e. The Morgan fingerprint density at radius 2 is 1.39 bits per heavy atom. The van der Waals surface area contributed by atoms with Crippen LogP contribution in [0.25, 0.3) is 0 Å². The van der Waals surface area contributed by atoms with E-state index in [1.54, 1.807) is 38.5 Å². The van der Waals surface area contributed by atoms with Gasteiger partial charge in [-0.1, -0.05) is 72.8 Å². The number of amides is 1. The van der Waals surface area contributed by atoms with Crippen LogP contribution in [0.4, 0.5) is 0 Å². The molecule has 4 aromatic carbocycles. The number of H-pyrrole nitrogens is 1. The Bertz CT molecular complexity index is 2040. The molecule has 1 amide bonds. The number of benzene rings is 4. The molecule has 0 saturated carbocycles. The van der Waals surface area contributed by atoms with Gasteiger partial charge in [0, 0.05) is 12.3 Å². The Hall–Kier alpha value is -5.69. The molecule has 2 N–H and O–H groups in total. The van der Waals surface area contributed by atoms with Crippen molar-refractivity contribution in [1.29, 1.82) is 0 Å². The highest BCUT2D eigenvalue weighted by molar-refractivity contribution is 5.79. The lowest BCUT2D eigenvalue weighted by Crippen LogP contribution is -2.74. The summed E-state index contributed by atoms with van der Waals surface area (Å²) in [6.07, 6.45) is -0.991. The number of rotatable bonds is 12. The predicted octanol–water partition coefficient (Wildman–Crippen LogP) is 3.26. The van der Waals surface area contributed by atoms with Crippen LogP contribution in [0, 0.1) is 0 Å². The quantitative estimate of drug-likeness (QED) is 0.189. The SMILES string of the molecule is COc1ccc(C(OC[C@H]2O[C@]3(n4ccc(=O)[nH]c4=O)CN(C(=O)COc4ccccc4)[C@@H]3[C@@H]2O)(c2ccccc2)c2ccc(OC)cc2)cc1. The summed E-state index contributed by atoms with van der Waals surface area (Å²) < 4.78 is 31.4. The number of hydrogen-bond acceptors (Lipinski definition) is 9. The standard InChI is InChI=1S/C39H37N3O9/c1-47-29-17-13-27(14-18-29)39(26-9-5-3-6-10-26,28-15-19-30(48-2)20-16-28)50-23-32-35(45)36-38(51-32,42-22-21-33(43)40-37(42)46)25-41(36)34(44)24-49-31-11-7-4-8-12-31/h3-22,32,35-36,45H,23-25H2,1-2H3,(H,40,43,46)/t32-,35-,36-,38-/m1/s1. The minimum Gasteiger partial charge on any atom is -0.497 e. The number of hydrogen-bond donors (Lipinski definition) is 2. The van der Waals surface area contributed by atoms with Gasteiger partial charge in [0.15, 0.2) is 12.3 Å². The summed E-state index contributed by atoms with van der Waals surface area (Å²) >= 11 is 0. The molecule has 2 aliphatic heterocycles. The van der Waals surface area contributed by atoms with Gasteiger partial charge >= 0.3 is 5.69 Å². The molecule has 0 aliphatic carbocycles. The minimum absolute atomic E-state index is 0.0745. The molecule has 0 bridgehead atoms. The number of fused-ring (bicyclic) bond motifs is 1. The summed E-state index contributed by atoms with van der Waals surface area (Å²) in [5.74, 6) is 1.43. The molecule has 0 unspecified atom stereocenters. The molecule has 2 aliphatic rings. The van der Waals surface area contributed by atoms with E-state index in [0.717, 1.165) is 16.7 Å². The Labute approximate surface area is 293 Å². The fourth-order valence-electron chi connectivity index (χ4n) is 7.05. The molecular formula is C39H37N3O9. The summed E-state index contributed by atoms with van der Waals surface area (Å²) in [5.41, 5.74) is -1.66. The van der Waals surface area contributed by atoms with Crippen LogP contribution in [0.1, 0.15) is 16.7 Å². The Kier molecular flexibility index (Phi) is 9.21. The third-order valence-electron chi connectivity index (χ3n) is 9.55. The summed E-state index contributed by atoms with van der Waals surface area (Å²) in [7, 11) is 3.19. The zero-order valence-corrected chi connectivity index (χ0v) is 28.0. The number of aromatic nitrogens is 2. The molecule has 12 nitrogen and oxygen atoms in total. The van der Waals surface area contributed by atoms with Gasteiger partial charge in [-0.3, -0.25) is 19.1 Å². The molecular weight excluding hydrogens is 654 g/mol. The van der Waals surface area contributed by atoms with Crippen LogP contribution in [0.3, 0.4) is 0 Å². The van der Waals surface area contributed by atoms with Crippen molar-refractivity contribution < 1.29 is 33.6 Å². The van der Waals surface area contributed by atoms with Crippen LogP contribution in [0.15, 0.2) is 131 Å². The number of carbonyl (C=O) groups excluding carboxylic acids is 1. The number of aliphatic hydroxyl groups is 1. The van der Waals surface area contributed by atoms with Crippen molar-refractivity contribution >= 4 is 5.91 Å². The number of aliphatic hydroxyl groups excluding tert-OH is 1. The van der Waals surface area contributed by atoms with E-state index in [1.807, 2.05) is 84.9 Å². The zero-order chi connectivity index (χ0) is 35.6. The number of methoxy groups -OCH3 is 2. The highest BCUT2D eigenvalue weighted by Gasteiger charge is 2.68. The Morgan fingerprint density at radius 1 is 0.824 bits per heavy atom. The van der Waals surface area contributed by atoms with Crippen LogP contribution in [0.5, 0.6) is 17.2 Å². The van der Waals surface area contributed by atoms with Crippen molar-refractivity contribution in [2.75, 3.05) is 34.0 Å². The van der Waals surface area contributed by atoms with Crippen LogP contribution in [-0.2, 0) is 25.6 Å². The number of aromatic amines is 1. The highest BCUT2D eigenvalue weighted by Crippen LogP contribution is 2.48. The van der Waals surface area contributed by atoms with E-state index in [-0.39, 0.29) is 19.8 Å². The topological polar surface area (TPSA) is 142 Å². The molecule has 5 aromatic rings. The van der Waals surface area contributed by atoms with Crippen molar-refractivity contribution in [2.45, 2.75) is 29.6 Å². The molecule has 12 heteroatoms. The smallest absolute Gasteiger partial charge is 0.330 e. The average Bonchev–Trinajstić information content (AvgIpc) is 3.37.